The van der Waals surface area contributed by atoms with Crippen molar-refractivity contribution >= 4 is 21.8 Å². The van der Waals surface area contributed by atoms with E-state index in [2.05, 4.69) is 21.2 Å². The van der Waals surface area contributed by atoms with Crippen LogP contribution in [0.15, 0.2) is 41.0 Å². The lowest BCUT2D eigenvalue weighted by Crippen LogP contribution is -2.34. The molecule has 2 unspecified atom stereocenters. The fraction of sp³-hybridized carbons (Fsp3) is 0.312. The second kappa shape index (κ2) is 5.66. The standard InChI is InChI=1S/C16H17BrN2O2/c1-2-19-9-11(17)8-13(19)16(21)18-15-12-6-4-3-5-10(12)7-14(15)20/h3-6,8-9,14-15,20H,2,7H2,1H3,(H,18,21). The normalized spacial score (nSPS) is 20.3. The van der Waals surface area contributed by atoms with Crippen LogP contribution < -0.4 is 5.32 Å². The van der Waals surface area contributed by atoms with E-state index in [9.17, 15) is 9.90 Å². The van der Waals surface area contributed by atoms with Gasteiger partial charge in [-0.25, -0.2) is 0 Å². The summed E-state index contributed by atoms with van der Waals surface area (Å²) in [6, 6.07) is 9.30. The minimum Gasteiger partial charge on any atom is -0.390 e. The predicted octanol–water partition coefficient (Wildman–Crippen LogP) is 2.66. The number of carbonyl (C=O) groups excluding carboxylic acids is 1. The molecule has 2 N–H and O–H groups in total. The SMILES string of the molecule is CCn1cc(Br)cc1C(=O)NC1c2ccccc2CC1O. The Labute approximate surface area is 131 Å². The van der Waals surface area contributed by atoms with Crippen LogP contribution in [0.3, 0.4) is 0 Å². The summed E-state index contributed by atoms with van der Waals surface area (Å²) in [6.07, 6.45) is 1.90. The van der Waals surface area contributed by atoms with E-state index in [-0.39, 0.29) is 11.9 Å². The maximum atomic E-state index is 12.5. The summed E-state index contributed by atoms with van der Waals surface area (Å²) < 4.78 is 2.76. The van der Waals surface area contributed by atoms with Crippen LogP contribution in [0, 0.1) is 0 Å². The molecule has 4 nitrogen and oxygen atoms in total. The summed E-state index contributed by atoms with van der Waals surface area (Å²) in [7, 11) is 0. The van der Waals surface area contributed by atoms with E-state index in [1.807, 2.05) is 42.0 Å². The first kappa shape index (κ1) is 14.4. The van der Waals surface area contributed by atoms with Crippen LogP contribution in [0.5, 0.6) is 0 Å². The number of aromatic nitrogens is 1. The maximum Gasteiger partial charge on any atom is 0.268 e. The number of aliphatic hydroxyl groups excluding tert-OH is 1. The van der Waals surface area contributed by atoms with E-state index in [0.29, 0.717) is 12.1 Å². The van der Waals surface area contributed by atoms with E-state index in [1.165, 1.54) is 0 Å². The molecule has 1 aromatic heterocycles. The van der Waals surface area contributed by atoms with Gasteiger partial charge in [0.1, 0.15) is 5.69 Å². The molecule has 2 aromatic rings. The number of halogens is 1. The van der Waals surface area contributed by atoms with Crippen LogP contribution in [0.2, 0.25) is 0 Å². The molecular formula is C16H17BrN2O2. The summed E-state index contributed by atoms with van der Waals surface area (Å²) in [5, 5.41) is 13.2. The molecule has 1 heterocycles. The minimum atomic E-state index is -0.570. The number of hydrogen-bond acceptors (Lipinski definition) is 2. The van der Waals surface area contributed by atoms with Gasteiger partial charge in [0.05, 0.1) is 12.1 Å². The number of hydrogen-bond donors (Lipinski definition) is 2. The molecule has 2 atom stereocenters. The molecule has 1 aromatic carbocycles. The van der Waals surface area contributed by atoms with Gasteiger partial charge in [-0.2, -0.15) is 0 Å². The first-order valence-corrected chi connectivity index (χ1v) is 7.82. The number of aryl methyl sites for hydroxylation is 1. The predicted molar refractivity (Wildman–Crippen MR) is 84.2 cm³/mol. The van der Waals surface area contributed by atoms with Crippen LogP contribution in [0.4, 0.5) is 0 Å². The lowest BCUT2D eigenvalue weighted by Gasteiger charge is -2.18. The highest BCUT2D eigenvalue weighted by Crippen LogP contribution is 2.31. The zero-order valence-corrected chi connectivity index (χ0v) is 13.3. The summed E-state index contributed by atoms with van der Waals surface area (Å²) in [4.78, 5) is 12.5. The van der Waals surface area contributed by atoms with Crippen molar-refractivity contribution in [1.82, 2.24) is 9.88 Å². The van der Waals surface area contributed by atoms with Gasteiger partial charge in [0.15, 0.2) is 0 Å². The first-order valence-electron chi connectivity index (χ1n) is 7.02. The average Bonchev–Trinajstić information content (AvgIpc) is 3.00. The summed E-state index contributed by atoms with van der Waals surface area (Å²) in [5.74, 6) is -0.164. The molecule has 0 aliphatic heterocycles. The number of aliphatic hydroxyl groups is 1. The largest absolute Gasteiger partial charge is 0.390 e. The third kappa shape index (κ3) is 2.63. The van der Waals surface area contributed by atoms with Crippen LogP contribution in [0.1, 0.15) is 34.6 Å². The smallest absolute Gasteiger partial charge is 0.268 e. The fourth-order valence-electron chi connectivity index (χ4n) is 2.89. The molecule has 0 radical (unpaired) electrons. The number of amides is 1. The van der Waals surface area contributed by atoms with Crippen LogP contribution in [-0.2, 0) is 13.0 Å². The molecule has 0 fully saturated rings. The van der Waals surface area contributed by atoms with E-state index in [1.54, 1.807) is 6.07 Å². The first-order chi connectivity index (χ1) is 10.1. The van der Waals surface area contributed by atoms with Crippen molar-refractivity contribution in [3.05, 3.63) is 57.8 Å². The van der Waals surface area contributed by atoms with E-state index in [0.717, 1.165) is 22.1 Å². The number of rotatable bonds is 3. The minimum absolute atomic E-state index is 0.164. The highest BCUT2D eigenvalue weighted by atomic mass is 79.9. The Balaban J connectivity index is 1.85. The molecule has 5 heteroatoms. The second-order valence-electron chi connectivity index (χ2n) is 5.25. The van der Waals surface area contributed by atoms with Crippen molar-refractivity contribution < 1.29 is 9.90 Å². The number of benzene rings is 1. The Morgan fingerprint density at radius 2 is 2.24 bits per heavy atom. The quantitative estimate of drug-likeness (QED) is 0.895. The molecule has 1 aliphatic rings. The van der Waals surface area contributed by atoms with Crippen LogP contribution >= 0.6 is 15.9 Å². The van der Waals surface area contributed by atoms with Gasteiger partial charge in [0.2, 0.25) is 0 Å². The lowest BCUT2D eigenvalue weighted by atomic mass is 10.1. The molecule has 1 aliphatic carbocycles. The van der Waals surface area contributed by atoms with Crippen LogP contribution in [-0.4, -0.2) is 21.7 Å². The third-order valence-electron chi connectivity index (χ3n) is 3.93. The van der Waals surface area contributed by atoms with Crippen molar-refractivity contribution in [2.75, 3.05) is 0 Å². The zero-order chi connectivity index (χ0) is 15.0. The summed E-state index contributed by atoms with van der Waals surface area (Å²) in [6.45, 7) is 2.71. The molecule has 0 bridgehead atoms. The average molecular weight is 349 g/mol. The van der Waals surface area contributed by atoms with Gasteiger partial charge >= 0.3 is 0 Å². The Morgan fingerprint density at radius 1 is 1.48 bits per heavy atom. The number of nitrogens with one attached hydrogen (secondary N) is 1. The van der Waals surface area contributed by atoms with Gasteiger partial charge in [0, 0.05) is 23.6 Å². The second-order valence-corrected chi connectivity index (χ2v) is 6.17. The topological polar surface area (TPSA) is 54.3 Å². The molecular weight excluding hydrogens is 332 g/mol. The lowest BCUT2D eigenvalue weighted by molar-refractivity contribution is 0.0849. The van der Waals surface area contributed by atoms with Gasteiger partial charge < -0.3 is 15.0 Å². The fourth-order valence-corrected chi connectivity index (χ4v) is 3.35. The van der Waals surface area contributed by atoms with Gasteiger partial charge in [-0.3, -0.25) is 4.79 Å². The Bertz CT molecular complexity index is 681. The van der Waals surface area contributed by atoms with E-state index in [4.69, 9.17) is 0 Å². The highest BCUT2D eigenvalue weighted by Gasteiger charge is 2.32. The molecule has 0 saturated heterocycles. The third-order valence-corrected chi connectivity index (χ3v) is 4.36. The van der Waals surface area contributed by atoms with Crippen molar-refractivity contribution in [1.29, 1.82) is 0 Å². The summed E-state index contributed by atoms with van der Waals surface area (Å²) >= 11 is 3.39. The van der Waals surface area contributed by atoms with Crippen LogP contribution in [0.25, 0.3) is 0 Å². The van der Waals surface area contributed by atoms with Gasteiger partial charge in [0.25, 0.3) is 5.91 Å². The summed E-state index contributed by atoms with van der Waals surface area (Å²) in [5.41, 5.74) is 2.70. The molecule has 1 amide bonds. The molecule has 0 saturated carbocycles. The number of nitrogens with zero attached hydrogens (tertiary/aromatic N) is 1. The van der Waals surface area contributed by atoms with Gasteiger partial charge in [-0.1, -0.05) is 24.3 Å². The van der Waals surface area contributed by atoms with E-state index >= 15 is 0 Å². The zero-order valence-electron chi connectivity index (χ0n) is 11.7. The Hall–Kier alpha value is -1.59. The van der Waals surface area contributed by atoms with Crippen molar-refractivity contribution in [3.63, 3.8) is 0 Å². The highest BCUT2D eigenvalue weighted by molar-refractivity contribution is 9.10. The monoisotopic (exact) mass is 348 g/mol. The number of carbonyl (C=O) groups is 1. The molecule has 110 valence electrons. The molecule has 21 heavy (non-hydrogen) atoms. The van der Waals surface area contributed by atoms with Crippen molar-refractivity contribution in [2.45, 2.75) is 32.0 Å². The Kier molecular flexibility index (Phi) is 3.87. The van der Waals surface area contributed by atoms with Crippen molar-refractivity contribution in [2.24, 2.45) is 0 Å². The number of fused-ring (bicyclic) bond motifs is 1. The van der Waals surface area contributed by atoms with Crippen molar-refractivity contribution in [3.8, 4) is 0 Å². The van der Waals surface area contributed by atoms with Gasteiger partial charge in [-0.15, -0.1) is 0 Å². The van der Waals surface area contributed by atoms with Gasteiger partial charge in [-0.05, 0) is 40.0 Å². The van der Waals surface area contributed by atoms with E-state index < -0.39 is 6.10 Å². The molecule has 0 spiro atoms. The Morgan fingerprint density at radius 3 is 3.00 bits per heavy atom. The molecule has 3 rings (SSSR count). The maximum absolute atomic E-state index is 12.5.